The van der Waals surface area contributed by atoms with Gasteiger partial charge in [-0.05, 0) is 49.7 Å². The minimum Gasteiger partial charge on any atom is -0.367 e. The van der Waals surface area contributed by atoms with Gasteiger partial charge >= 0.3 is 6.18 Å². The predicted molar refractivity (Wildman–Crippen MR) is 135 cm³/mol. The Morgan fingerprint density at radius 1 is 0.973 bits per heavy atom. The Hall–Kier alpha value is -2.72. The number of nitrogens with zero attached hydrogens (tertiary/aromatic N) is 5. The van der Waals surface area contributed by atoms with Crippen LogP contribution in [0, 0.1) is 0 Å². The summed E-state index contributed by atoms with van der Waals surface area (Å²) in [5, 5.41) is 3.30. The Morgan fingerprint density at radius 2 is 1.76 bits per heavy atom. The summed E-state index contributed by atoms with van der Waals surface area (Å²) < 4.78 is 37.9. The first-order chi connectivity index (χ1) is 17.8. The van der Waals surface area contributed by atoms with Crippen LogP contribution >= 0.6 is 0 Å². The van der Waals surface area contributed by atoms with Crippen molar-refractivity contribution < 1.29 is 18.0 Å². The highest BCUT2D eigenvalue weighted by Gasteiger charge is 2.33. The van der Waals surface area contributed by atoms with E-state index < -0.39 is 12.7 Å². The van der Waals surface area contributed by atoms with Gasteiger partial charge in [-0.3, -0.25) is 14.6 Å². The van der Waals surface area contributed by atoms with Gasteiger partial charge in [0.05, 0.1) is 6.54 Å². The SMILES string of the molecule is O=C(c1cc(NC2CCN(CC(F)(F)F)CC2)ncn1)N1CCC[C@@H](N2CCc3ccccc3C2)CC1. The zero-order valence-corrected chi connectivity index (χ0v) is 21.1. The number of rotatable bonds is 5. The molecule has 0 radical (unpaired) electrons. The number of anilines is 1. The highest BCUT2D eigenvalue weighted by Crippen LogP contribution is 2.26. The number of carbonyl (C=O) groups excluding carboxylic acids is 1. The summed E-state index contributed by atoms with van der Waals surface area (Å²) in [7, 11) is 0. The molecule has 3 aliphatic rings. The van der Waals surface area contributed by atoms with Gasteiger partial charge < -0.3 is 10.2 Å². The lowest BCUT2D eigenvalue weighted by Gasteiger charge is -2.35. The molecule has 0 saturated carbocycles. The fourth-order valence-electron chi connectivity index (χ4n) is 5.89. The van der Waals surface area contributed by atoms with Gasteiger partial charge in [0.15, 0.2) is 0 Å². The van der Waals surface area contributed by atoms with Crippen molar-refractivity contribution in [1.82, 2.24) is 24.7 Å². The molecule has 1 atom stereocenters. The fourth-order valence-corrected chi connectivity index (χ4v) is 5.89. The van der Waals surface area contributed by atoms with Crippen molar-refractivity contribution in [2.75, 3.05) is 44.6 Å². The van der Waals surface area contributed by atoms with Crippen LogP contribution in [-0.2, 0) is 13.0 Å². The number of piperidine rings is 1. The van der Waals surface area contributed by atoms with Gasteiger partial charge in [0.2, 0.25) is 0 Å². The smallest absolute Gasteiger partial charge is 0.367 e. The van der Waals surface area contributed by atoms with Gasteiger partial charge in [-0.15, -0.1) is 0 Å². The number of alkyl halides is 3. The molecule has 7 nitrogen and oxygen atoms in total. The summed E-state index contributed by atoms with van der Waals surface area (Å²) in [6.07, 6.45) is 2.47. The second-order valence-electron chi connectivity index (χ2n) is 10.5. The Balaban J connectivity index is 1.14. The molecule has 10 heteroatoms. The highest BCUT2D eigenvalue weighted by molar-refractivity contribution is 5.92. The number of hydrogen-bond acceptors (Lipinski definition) is 6. The van der Waals surface area contributed by atoms with Gasteiger partial charge in [0.25, 0.3) is 5.91 Å². The average Bonchev–Trinajstić information content (AvgIpc) is 3.15. The Kier molecular flexibility index (Phi) is 7.95. The minimum absolute atomic E-state index is 0.0240. The second-order valence-corrected chi connectivity index (χ2v) is 10.5. The number of fused-ring (bicyclic) bond motifs is 1. The van der Waals surface area contributed by atoms with E-state index in [1.54, 1.807) is 6.07 Å². The van der Waals surface area contributed by atoms with Crippen molar-refractivity contribution in [2.45, 2.75) is 63.3 Å². The van der Waals surface area contributed by atoms with E-state index in [0.29, 0.717) is 56.6 Å². The van der Waals surface area contributed by atoms with E-state index in [-0.39, 0.29) is 11.9 Å². The molecule has 2 saturated heterocycles. The number of benzene rings is 1. The molecule has 5 rings (SSSR count). The third kappa shape index (κ3) is 6.78. The molecule has 200 valence electrons. The summed E-state index contributed by atoms with van der Waals surface area (Å²) >= 11 is 0. The number of amides is 1. The van der Waals surface area contributed by atoms with Crippen LogP contribution in [0.25, 0.3) is 0 Å². The van der Waals surface area contributed by atoms with Crippen LogP contribution in [-0.4, -0.2) is 88.1 Å². The molecule has 0 aliphatic carbocycles. The number of nitrogens with one attached hydrogen (secondary N) is 1. The molecule has 2 fully saturated rings. The van der Waals surface area contributed by atoms with Gasteiger partial charge in [-0.2, -0.15) is 13.2 Å². The van der Waals surface area contributed by atoms with Crippen molar-refractivity contribution in [3.05, 3.63) is 53.5 Å². The molecule has 0 spiro atoms. The minimum atomic E-state index is -4.17. The van der Waals surface area contributed by atoms with Crippen LogP contribution in [0.15, 0.2) is 36.7 Å². The molecular weight excluding hydrogens is 481 g/mol. The summed E-state index contributed by atoms with van der Waals surface area (Å²) in [5.74, 6) is 0.461. The summed E-state index contributed by atoms with van der Waals surface area (Å²) in [6.45, 7) is 3.34. The normalized spacial score (nSPS) is 22.4. The highest BCUT2D eigenvalue weighted by atomic mass is 19.4. The van der Waals surface area contributed by atoms with E-state index in [4.69, 9.17) is 0 Å². The molecule has 2 aromatic rings. The Bertz CT molecular complexity index is 1070. The molecule has 1 amide bonds. The van der Waals surface area contributed by atoms with Gasteiger partial charge in [-0.25, -0.2) is 9.97 Å². The Labute approximate surface area is 216 Å². The van der Waals surface area contributed by atoms with Crippen LogP contribution in [0.1, 0.15) is 53.7 Å². The second kappa shape index (κ2) is 11.3. The first-order valence-electron chi connectivity index (χ1n) is 13.3. The number of halogens is 3. The molecule has 1 N–H and O–H groups in total. The third-order valence-electron chi connectivity index (χ3n) is 7.89. The maximum absolute atomic E-state index is 13.3. The predicted octanol–water partition coefficient (Wildman–Crippen LogP) is 3.97. The van der Waals surface area contributed by atoms with Crippen LogP contribution in [0.5, 0.6) is 0 Å². The van der Waals surface area contributed by atoms with Gasteiger partial charge in [0, 0.05) is 57.4 Å². The zero-order chi connectivity index (χ0) is 25.8. The van der Waals surface area contributed by atoms with Crippen LogP contribution in [0.2, 0.25) is 0 Å². The van der Waals surface area contributed by atoms with E-state index in [0.717, 1.165) is 38.8 Å². The molecule has 1 aromatic heterocycles. The van der Waals surface area contributed by atoms with E-state index in [2.05, 4.69) is 44.5 Å². The molecule has 3 aliphatic heterocycles. The van der Waals surface area contributed by atoms with E-state index in [1.165, 1.54) is 22.4 Å². The molecule has 0 unspecified atom stereocenters. The quantitative estimate of drug-likeness (QED) is 0.649. The first-order valence-corrected chi connectivity index (χ1v) is 13.3. The largest absolute Gasteiger partial charge is 0.401 e. The summed E-state index contributed by atoms with van der Waals surface area (Å²) in [5.41, 5.74) is 3.22. The monoisotopic (exact) mass is 516 g/mol. The Morgan fingerprint density at radius 3 is 2.54 bits per heavy atom. The first kappa shape index (κ1) is 25.9. The lowest BCUT2D eigenvalue weighted by atomic mass is 9.97. The van der Waals surface area contributed by atoms with Crippen molar-refractivity contribution in [3.63, 3.8) is 0 Å². The molecule has 37 heavy (non-hydrogen) atoms. The lowest BCUT2D eigenvalue weighted by molar-refractivity contribution is -0.147. The maximum Gasteiger partial charge on any atom is 0.401 e. The molecule has 0 bridgehead atoms. The third-order valence-corrected chi connectivity index (χ3v) is 7.89. The summed E-state index contributed by atoms with van der Waals surface area (Å²) in [4.78, 5) is 27.7. The standard InChI is InChI=1S/C27H35F3N6O/c28-27(29,30)18-34-12-8-22(9-13-34)33-25-16-24(31-19-32-25)26(37)35-11-3-6-23(10-15-35)36-14-7-20-4-1-2-5-21(20)17-36/h1-2,4-5,16,19,22-23H,3,6-15,17-18H2,(H,31,32,33)/t23-/m1/s1. The fraction of sp³-hybridized carbons (Fsp3) is 0.593. The van der Waals surface area contributed by atoms with Crippen molar-refractivity contribution in [2.24, 2.45) is 0 Å². The number of aromatic nitrogens is 2. The van der Waals surface area contributed by atoms with Gasteiger partial charge in [0.1, 0.15) is 17.8 Å². The molecule has 4 heterocycles. The van der Waals surface area contributed by atoms with Crippen LogP contribution in [0.4, 0.5) is 19.0 Å². The number of carbonyl (C=O) groups is 1. The van der Waals surface area contributed by atoms with Crippen molar-refractivity contribution in [3.8, 4) is 0 Å². The molecule has 1 aromatic carbocycles. The van der Waals surface area contributed by atoms with E-state index >= 15 is 0 Å². The number of likely N-dealkylation sites (tertiary alicyclic amines) is 2. The summed E-state index contributed by atoms with van der Waals surface area (Å²) in [6, 6.07) is 10.8. The van der Waals surface area contributed by atoms with Crippen LogP contribution in [0.3, 0.4) is 0 Å². The van der Waals surface area contributed by atoms with Crippen molar-refractivity contribution in [1.29, 1.82) is 0 Å². The van der Waals surface area contributed by atoms with Crippen LogP contribution < -0.4 is 5.32 Å². The van der Waals surface area contributed by atoms with E-state index in [9.17, 15) is 18.0 Å². The van der Waals surface area contributed by atoms with Gasteiger partial charge in [-0.1, -0.05) is 24.3 Å². The topological polar surface area (TPSA) is 64.6 Å². The average molecular weight is 517 g/mol. The zero-order valence-electron chi connectivity index (χ0n) is 21.1. The van der Waals surface area contributed by atoms with E-state index in [1.807, 2.05) is 4.90 Å². The number of hydrogen-bond donors (Lipinski definition) is 1. The van der Waals surface area contributed by atoms with Crippen molar-refractivity contribution >= 4 is 11.7 Å². The lowest BCUT2D eigenvalue weighted by Crippen LogP contribution is -2.43. The molecular formula is C27H35F3N6O. The maximum atomic E-state index is 13.3.